The Kier molecular flexibility index (Phi) is 6.38. The van der Waals surface area contributed by atoms with E-state index in [1.807, 2.05) is 36.4 Å². The molecule has 0 N–H and O–H groups in total. The number of benzene rings is 3. The zero-order valence-corrected chi connectivity index (χ0v) is 17.5. The molecule has 0 fully saturated rings. The molecule has 0 aliphatic heterocycles. The van der Waals surface area contributed by atoms with Crippen molar-refractivity contribution in [3.63, 3.8) is 0 Å². The van der Waals surface area contributed by atoms with Gasteiger partial charge in [-0.05, 0) is 44.0 Å². The standard InChI is InChI=1S/C22H22NO3PS/c1-3-22(2,28(26)21-16-14-18(15-17-21)23(24)25)27(19-10-6-4-7-11-19)20-12-8-5-9-13-20/h4-17H,3H2,1-2H3. The van der Waals surface area contributed by atoms with Crippen molar-refractivity contribution in [2.75, 3.05) is 0 Å². The molecule has 3 rings (SSSR count). The van der Waals surface area contributed by atoms with E-state index >= 15 is 0 Å². The van der Waals surface area contributed by atoms with Gasteiger partial charge in [0.05, 0.1) is 20.2 Å². The molecule has 6 heteroatoms. The van der Waals surface area contributed by atoms with Gasteiger partial charge in [-0.2, -0.15) is 0 Å². The molecule has 2 atom stereocenters. The zero-order chi connectivity index (χ0) is 20.1. The summed E-state index contributed by atoms with van der Waals surface area (Å²) >= 11 is 0. The lowest BCUT2D eigenvalue weighted by molar-refractivity contribution is -0.384. The lowest BCUT2D eigenvalue weighted by atomic mass is 10.3. The van der Waals surface area contributed by atoms with Crippen molar-refractivity contribution in [1.82, 2.24) is 0 Å². The molecule has 0 heterocycles. The summed E-state index contributed by atoms with van der Waals surface area (Å²) in [6.45, 7) is 4.13. The number of nitro benzene ring substituents is 1. The molecular weight excluding hydrogens is 389 g/mol. The highest BCUT2D eigenvalue weighted by Gasteiger charge is 2.41. The Balaban J connectivity index is 2.09. The normalized spacial score (nSPS) is 14.4. The van der Waals surface area contributed by atoms with E-state index in [1.165, 1.54) is 22.7 Å². The Bertz CT molecular complexity index is 925. The van der Waals surface area contributed by atoms with E-state index < -0.39 is 28.1 Å². The molecule has 4 nitrogen and oxygen atoms in total. The molecule has 28 heavy (non-hydrogen) atoms. The van der Waals surface area contributed by atoms with E-state index in [4.69, 9.17) is 0 Å². The highest BCUT2D eigenvalue weighted by atomic mass is 32.2. The number of nitro groups is 1. The minimum Gasteiger partial charge on any atom is -0.258 e. The second-order valence-electron chi connectivity index (χ2n) is 6.55. The van der Waals surface area contributed by atoms with Crippen LogP contribution in [0.3, 0.4) is 0 Å². The number of hydrogen-bond donors (Lipinski definition) is 0. The maximum Gasteiger partial charge on any atom is 0.269 e. The van der Waals surface area contributed by atoms with Gasteiger partial charge in [-0.3, -0.25) is 14.3 Å². The van der Waals surface area contributed by atoms with E-state index in [-0.39, 0.29) is 5.69 Å². The average molecular weight is 411 g/mol. The van der Waals surface area contributed by atoms with Crippen LogP contribution in [-0.2, 0) is 10.8 Å². The van der Waals surface area contributed by atoms with E-state index in [0.29, 0.717) is 11.3 Å². The summed E-state index contributed by atoms with van der Waals surface area (Å²) < 4.78 is 13.2. The van der Waals surface area contributed by atoms with Crippen molar-refractivity contribution in [3.05, 3.63) is 95.0 Å². The minimum atomic E-state index is -1.33. The van der Waals surface area contributed by atoms with Crippen molar-refractivity contribution in [1.29, 1.82) is 0 Å². The molecule has 0 aliphatic rings. The summed E-state index contributed by atoms with van der Waals surface area (Å²) in [5, 5.41) is 13.3. The van der Waals surface area contributed by atoms with Gasteiger partial charge in [-0.15, -0.1) is 0 Å². The molecule has 0 aromatic heterocycles. The first-order chi connectivity index (χ1) is 13.5. The van der Waals surface area contributed by atoms with Crippen molar-refractivity contribution < 1.29 is 9.13 Å². The number of non-ortho nitro benzene ring substituents is 1. The van der Waals surface area contributed by atoms with Crippen LogP contribution in [0.4, 0.5) is 5.69 Å². The monoisotopic (exact) mass is 411 g/mol. The van der Waals surface area contributed by atoms with Gasteiger partial charge in [0, 0.05) is 17.0 Å². The van der Waals surface area contributed by atoms with E-state index in [9.17, 15) is 14.3 Å². The average Bonchev–Trinajstić information content (AvgIpc) is 2.74. The van der Waals surface area contributed by atoms with Crippen molar-refractivity contribution in [2.45, 2.75) is 29.7 Å². The maximum atomic E-state index is 13.7. The van der Waals surface area contributed by atoms with Crippen LogP contribution in [0.25, 0.3) is 0 Å². The smallest absolute Gasteiger partial charge is 0.258 e. The van der Waals surface area contributed by atoms with E-state index in [1.54, 1.807) is 12.1 Å². The molecule has 0 amide bonds. The summed E-state index contributed by atoms with van der Waals surface area (Å²) in [4.78, 5) is 11.1. The SMILES string of the molecule is CCC(C)(P(c1ccccc1)c1ccccc1)S(=O)c1ccc([N+](=O)[O-])cc1. The summed E-state index contributed by atoms with van der Waals surface area (Å²) in [5.74, 6) is 0. The molecule has 3 aromatic rings. The third kappa shape index (κ3) is 4.06. The van der Waals surface area contributed by atoms with Gasteiger partial charge in [0.25, 0.3) is 5.69 Å². The summed E-state index contributed by atoms with van der Waals surface area (Å²) in [6.07, 6.45) is 0.714. The van der Waals surface area contributed by atoms with Crippen molar-refractivity contribution >= 4 is 35.0 Å². The van der Waals surface area contributed by atoms with Gasteiger partial charge < -0.3 is 0 Å². The Hall–Kier alpha value is -2.36. The molecule has 0 spiro atoms. The second-order valence-corrected chi connectivity index (χ2v) is 11.5. The molecule has 0 saturated carbocycles. The predicted octanol–water partition coefficient (Wildman–Crippen LogP) is 4.96. The molecular formula is C22H22NO3PS. The van der Waals surface area contributed by atoms with Crippen LogP contribution in [0.15, 0.2) is 89.8 Å². The Morgan fingerprint density at radius 3 is 1.75 bits per heavy atom. The van der Waals surface area contributed by atoms with Crippen LogP contribution in [0, 0.1) is 10.1 Å². The Morgan fingerprint density at radius 1 is 0.893 bits per heavy atom. The van der Waals surface area contributed by atoms with Crippen LogP contribution in [0.2, 0.25) is 0 Å². The predicted molar refractivity (Wildman–Crippen MR) is 117 cm³/mol. The molecule has 144 valence electrons. The van der Waals surface area contributed by atoms with Crippen LogP contribution in [0.5, 0.6) is 0 Å². The zero-order valence-electron chi connectivity index (χ0n) is 15.8. The largest absolute Gasteiger partial charge is 0.269 e. The lowest BCUT2D eigenvalue weighted by Crippen LogP contribution is -2.35. The van der Waals surface area contributed by atoms with Crippen LogP contribution in [0.1, 0.15) is 20.3 Å². The van der Waals surface area contributed by atoms with Gasteiger partial charge >= 0.3 is 0 Å². The third-order valence-corrected chi connectivity index (χ3v) is 10.5. The Labute approximate surface area is 169 Å². The molecule has 3 aromatic carbocycles. The molecule has 0 aliphatic carbocycles. The molecule has 0 bridgehead atoms. The van der Waals surface area contributed by atoms with Crippen LogP contribution >= 0.6 is 7.92 Å². The lowest BCUT2D eigenvalue weighted by Gasteiger charge is -2.37. The molecule has 2 unspecified atom stereocenters. The highest BCUT2D eigenvalue weighted by molar-refractivity contribution is 7.98. The van der Waals surface area contributed by atoms with Crippen molar-refractivity contribution in [3.8, 4) is 0 Å². The number of rotatable bonds is 7. The Morgan fingerprint density at radius 2 is 1.36 bits per heavy atom. The fraction of sp³-hybridized carbons (Fsp3) is 0.182. The van der Waals surface area contributed by atoms with E-state index in [0.717, 1.165) is 0 Å². The first-order valence-corrected chi connectivity index (χ1v) is 11.5. The fourth-order valence-electron chi connectivity index (χ4n) is 3.17. The summed E-state index contributed by atoms with van der Waals surface area (Å²) in [5.41, 5.74) is 0.00679. The van der Waals surface area contributed by atoms with Gasteiger partial charge in [-0.25, -0.2) is 0 Å². The molecule has 0 radical (unpaired) electrons. The molecule has 0 saturated heterocycles. The topological polar surface area (TPSA) is 60.2 Å². The van der Waals surface area contributed by atoms with Gasteiger partial charge in [0.1, 0.15) is 0 Å². The summed E-state index contributed by atoms with van der Waals surface area (Å²) in [6, 6.07) is 26.5. The van der Waals surface area contributed by atoms with Crippen LogP contribution < -0.4 is 10.6 Å². The van der Waals surface area contributed by atoms with Gasteiger partial charge in [-0.1, -0.05) is 67.6 Å². The first kappa shape index (κ1) is 20.4. The first-order valence-electron chi connectivity index (χ1n) is 9.04. The van der Waals surface area contributed by atoms with Gasteiger partial charge in [0.15, 0.2) is 0 Å². The third-order valence-electron chi connectivity index (χ3n) is 4.82. The van der Waals surface area contributed by atoms with Gasteiger partial charge in [0.2, 0.25) is 0 Å². The highest BCUT2D eigenvalue weighted by Crippen LogP contribution is 2.53. The van der Waals surface area contributed by atoms with Crippen LogP contribution in [-0.4, -0.2) is 13.6 Å². The van der Waals surface area contributed by atoms with E-state index in [2.05, 4.69) is 38.1 Å². The number of hydrogen-bond acceptors (Lipinski definition) is 3. The quantitative estimate of drug-likeness (QED) is 0.314. The van der Waals surface area contributed by atoms with Crippen molar-refractivity contribution in [2.24, 2.45) is 0 Å². The second kappa shape index (κ2) is 8.76. The maximum absolute atomic E-state index is 13.7. The minimum absolute atomic E-state index is 0.00679. The fourth-order valence-corrected chi connectivity index (χ4v) is 8.58. The number of nitrogens with zero attached hydrogens (tertiary/aromatic N) is 1. The summed E-state index contributed by atoms with van der Waals surface area (Å²) in [7, 11) is -2.25.